The van der Waals surface area contributed by atoms with Gasteiger partial charge in [0.25, 0.3) is 5.91 Å². The standard InChI is InChI=1S/C39H44ClN11O4/c40-32-19-30(4-1-26(32)20-41)55-29-5-2-27(3-6-29)46-38(53)33-21-43-34(22-42-33)49-15-7-25(8-16-49)23-48-13-9-28(10-14-48)50-17-11-31-36(50)44-24-45-37(31)51-18-12-35(52)47-39(51)54/h1,4,11,17,19,21-22,24-25,27-29H,2-3,5-10,12-16,18,23H2,(H,46,53)(H,47,52,54). The van der Waals surface area contributed by atoms with Gasteiger partial charge in [0, 0.05) is 70.0 Å². The van der Waals surface area contributed by atoms with Crippen molar-refractivity contribution in [3.8, 4) is 11.8 Å². The molecule has 3 saturated heterocycles. The molecule has 1 aromatic carbocycles. The molecule has 16 heteroatoms. The van der Waals surface area contributed by atoms with Crippen molar-refractivity contribution in [3.63, 3.8) is 0 Å². The number of hydrogen-bond donors (Lipinski definition) is 2. The molecule has 286 valence electrons. The molecule has 4 fully saturated rings. The van der Waals surface area contributed by atoms with E-state index in [0.29, 0.717) is 46.4 Å². The maximum absolute atomic E-state index is 13.0. The van der Waals surface area contributed by atoms with Gasteiger partial charge in [-0.2, -0.15) is 5.26 Å². The van der Waals surface area contributed by atoms with Gasteiger partial charge in [-0.1, -0.05) is 11.6 Å². The van der Waals surface area contributed by atoms with Crippen molar-refractivity contribution in [2.75, 3.05) is 49.1 Å². The molecule has 1 aliphatic carbocycles. The fourth-order valence-electron chi connectivity index (χ4n) is 8.36. The van der Waals surface area contributed by atoms with E-state index < -0.39 is 6.03 Å². The summed E-state index contributed by atoms with van der Waals surface area (Å²) in [5, 5.41) is 15.8. The van der Waals surface area contributed by atoms with Crippen LogP contribution in [0.4, 0.5) is 16.4 Å². The molecule has 8 rings (SSSR count). The minimum absolute atomic E-state index is 0.0313. The van der Waals surface area contributed by atoms with Gasteiger partial charge in [-0.05, 0) is 75.5 Å². The first-order valence-corrected chi connectivity index (χ1v) is 19.6. The molecule has 1 saturated carbocycles. The Balaban J connectivity index is 0.760. The van der Waals surface area contributed by atoms with Gasteiger partial charge in [0.15, 0.2) is 0 Å². The number of piperidine rings is 2. The zero-order valence-corrected chi connectivity index (χ0v) is 31.3. The van der Waals surface area contributed by atoms with Gasteiger partial charge in [-0.3, -0.25) is 19.8 Å². The van der Waals surface area contributed by atoms with Crippen molar-refractivity contribution in [1.29, 1.82) is 5.26 Å². The van der Waals surface area contributed by atoms with Crippen molar-refractivity contribution in [3.05, 3.63) is 65.5 Å². The van der Waals surface area contributed by atoms with Crippen LogP contribution in [0.1, 0.15) is 79.9 Å². The number of hydrogen-bond acceptors (Lipinski definition) is 11. The van der Waals surface area contributed by atoms with Crippen LogP contribution in [0.5, 0.6) is 5.75 Å². The number of ether oxygens (including phenoxy) is 1. The highest BCUT2D eigenvalue weighted by molar-refractivity contribution is 6.31. The molecule has 4 aromatic rings. The number of carbonyl (C=O) groups excluding carboxylic acids is 3. The molecular weight excluding hydrogens is 722 g/mol. The smallest absolute Gasteiger partial charge is 0.329 e. The fraction of sp³-hybridized carbons (Fsp3) is 0.487. The molecule has 2 N–H and O–H groups in total. The Kier molecular flexibility index (Phi) is 10.8. The van der Waals surface area contributed by atoms with Crippen LogP contribution in [0, 0.1) is 17.2 Å². The number of likely N-dealkylation sites (tertiary alicyclic amines) is 1. The van der Waals surface area contributed by atoms with Crippen molar-refractivity contribution >= 4 is 52.1 Å². The number of nitrogens with one attached hydrogen (secondary N) is 2. The highest BCUT2D eigenvalue weighted by atomic mass is 35.5. The van der Waals surface area contributed by atoms with Gasteiger partial charge in [-0.15, -0.1) is 0 Å². The zero-order chi connectivity index (χ0) is 37.9. The lowest BCUT2D eigenvalue weighted by atomic mass is 9.93. The molecular formula is C39H44ClN11O4. The molecule has 0 spiro atoms. The maximum Gasteiger partial charge on any atom is 0.329 e. The first-order chi connectivity index (χ1) is 26.8. The monoisotopic (exact) mass is 765 g/mol. The predicted molar refractivity (Wildman–Crippen MR) is 205 cm³/mol. The van der Waals surface area contributed by atoms with E-state index in [0.717, 1.165) is 101 Å². The number of amides is 4. The molecule has 3 aliphatic heterocycles. The van der Waals surface area contributed by atoms with Crippen LogP contribution in [0.2, 0.25) is 5.02 Å². The Morgan fingerprint density at radius 2 is 1.75 bits per heavy atom. The summed E-state index contributed by atoms with van der Waals surface area (Å²) in [4.78, 5) is 61.6. The fourth-order valence-corrected chi connectivity index (χ4v) is 8.57. The van der Waals surface area contributed by atoms with E-state index in [1.54, 1.807) is 30.6 Å². The van der Waals surface area contributed by atoms with Crippen LogP contribution in [0.25, 0.3) is 11.0 Å². The highest BCUT2D eigenvalue weighted by Gasteiger charge is 2.30. The van der Waals surface area contributed by atoms with Crippen LogP contribution in [0.3, 0.4) is 0 Å². The van der Waals surface area contributed by atoms with Crippen LogP contribution >= 0.6 is 11.6 Å². The van der Waals surface area contributed by atoms with E-state index in [1.807, 2.05) is 6.07 Å². The third-order valence-electron chi connectivity index (χ3n) is 11.4. The van der Waals surface area contributed by atoms with Crippen molar-refractivity contribution < 1.29 is 19.1 Å². The zero-order valence-electron chi connectivity index (χ0n) is 30.6. The summed E-state index contributed by atoms with van der Waals surface area (Å²) in [6, 6.07) is 9.06. The second kappa shape index (κ2) is 16.2. The van der Waals surface area contributed by atoms with Crippen LogP contribution in [0.15, 0.2) is 49.2 Å². The average Bonchev–Trinajstić information content (AvgIpc) is 3.64. The third-order valence-corrected chi connectivity index (χ3v) is 11.8. The molecule has 0 unspecified atom stereocenters. The predicted octanol–water partition coefficient (Wildman–Crippen LogP) is 4.87. The second-order valence-electron chi connectivity index (χ2n) is 15.0. The van der Waals surface area contributed by atoms with E-state index >= 15 is 0 Å². The number of anilines is 2. The number of carbonyl (C=O) groups is 3. The van der Waals surface area contributed by atoms with Gasteiger partial charge < -0.3 is 24.4 Å². The number of halogens is 1. The number of aromatic nitrogens is 5. The summed E-state index contributed by atoms with van der Waals surface area (Å²) in [6.45, 7) is 5.21. The van der Waals surface area contributed by atoms with E-state index in [2.05, 4.69) is 57.2 Å². The first kappa shape index (κ1) is 36.6. The van der Waals surface area contributed by atoms with Gasteiger partial charge in [0.2, 0.25) is 5.91 Å². The summed E-state index contributed by atoms with van der Waals surface area (Å²) in [5.74, 6) is 2.12. The summed E-state index contributed by atoms with van der Waals surface area (Å²) in [6.07, 6.45) is 14.5. The Labute approximate surface area is 324 Å². The van der Waals surface area contributed by atoms with Gasteiger partial charge in [0.05, 0.1) is 34.5 Å². The Morgan fingerprint density at radius 1 is 0.945 bits per heavy atom. The van der Waals surface area contributed by atoms with E-state index in [4.69, 9.17) is 21.6 Å². The van der Waals surface area contributed by atoms with E-state index in [-0.39, 0.29) is 30.4 Å². The maximum atomic E-state index is 13.0. The number of nitrogens with zero attached hydrogens (tertiary/aromatic N) is 9. The van der Waals surface area contributed by atoms with Gasteiger partial charge in [0.1, 0.15) is 41.1 Å². The quantitative estimate of drug-likeness (QED) is 0.238. The number of rotatable bonds is 9. The van der Waals surface area contributed by atoms with Crippen molar-refractivity contribution in [2.45, 2.75) is 76.0 Å². The largest absolute Gasteiger partial charge is 0.490 e. The Hall–Kier alpha value is -5.33. The normalized spacial score (nSPS) is 21.7. The summed E-state index contributed by atoms with van der Waals surface area (Å²) in [5.41, 5.74) is 1.56. The third kappa shape index (κ3) is 8.20. The molecule has 0 radical (unpaired) electrons. The average molecular weight is 766 g/mol. The lowest BCUT2D eigenvalue weighted by Gasteiger charge is -2.38. The summed E-state index contributed by atoms with van der Waals surface area (Å²) >= 11 is 6.15. The molecule has 0 atom stereocenters. The minimum atomic E-state index is -0.444. The first-order valence-electron chi connectivity index (χ1n) is 19.2. The van der Waals surface area contributed by atoms with E-state index in [1.165, 1.54) is 11.2 Å². The second-order valence-corrected chi connectivity index (χ2v) is 15.4. The molecule has 3 aromatic heterocycles. The highest BCUT2D eigenvalue weighted by Crippen LogP contribution is 2.32. The Morgan fingerprint density at radius 3 is 2.45 bits per heavy atom. The van der Waals surface area contributed by atoms with Crippen LogP contribution < -0.4 is 25.2 Å². The van der Waals surface area contributed by atoms with Crippen LogP contribution in [-0.4, -0.2) is 98.7 Å². The SMILES string of the molecule is N#Cc1ccc(OC2CCC(NC(=O)c3cnc(N4CCC(CN5CCC(n6ccc7c(N8CCC(=O)NC8=O)ncnc76)CC5)CC4)cn3)CC2)cc1Cl. The molecule has 6 heterocycles. The number of fused-ring (bicyclic) bond motifs is 1. The molecule has 4 aliphatic rings. The number of nitriles is 1. The van der Waals surface area contributed by atoms with Crippen molar-refractivity contribution in [2.24, 2.45) is 5.92 Å². The molecule has 4 amide bonds. The van der Waals surface area contributed by atoms with Crippen LogP contribution in [-0.2, 0) is 4.79 Å². The lowest BCUT2D eigenvalue weighted by molar-refractivity contribution is -0.120. The lowest BCUT2D eigenvalue weighted by Crippen LogP contribution is -2.50. The van der Waals surface area contributed by atoms with Crippen molar-refractivity contribution in [1.82, 2.24) is 40.0 Å². The molecule has 55 heavy (non-hydrogen) atoms. The number of urea groups is 1. The van der Waals surface area contributed by atoms with Gasteiger partial charge >= 0.3 is 6.03 Å². The number of benzene rings is 1. The summed E-state index contributed by atoms with van der Waals surface area (Å²) < 4.78 is 8.30. The van der Waals surface area contributed by atoms with E-state index in [9.17, 15) is 14.4 Å². The summed E-state index contributed by atoms with van der Waals surface area (Å²) in [7, 11) is 0. The Bertz CT molecular complexity index is 2080. The number of imide groups is 1. The van der Waals surface area contributed by atoms with Gasteiger partial charge in [-0.25, -0.2) is 24.7 Å². The minimum Gasteiger partial charge on any atom is -0.490 e. The molecule has 15 nitrogen and oxygen atoms in total. The molecule has 0 bridgehead atoms. The topological polar surface area (TPSA) is 174 Å².